The van der Waals surface area contributed by atoms with Crippen molar-refractivity contribution in [1.82, 2.24) is 0 Å². The van der Waals surface area contributed by atoms with E-state index in [9.17, 15) is 14.9 Å². The van der Waals surface area contributed by atoms with Gasteiger partial charge in [0.25, 0.3) is 5.69 Å². The Bertz CT molecular complexity index is 804. The van der Waals surface area contributed by atoms with Gasteiger partial charge in [-0.15, -0.1) is 0 Å². The van der Waals surface area contributed by atoms with E-state index in [1.165, 1.54) is 6.07 Å². The zero-order valence-electron chi connectivity index (χ0n) is 11.2. The molecule has 0 saturated heterocycles. The first-order valence-corrected chi connectivity index (χ1v) is 6.43. The first-order valence-electron chi connectivity index (χ1n) is 6.05. The molecule has 2 aromatic carbocycles. The standard InChI is InChI=1S/C14H8ClNO6/c1-20-14(17)8-5-12-13(6-9(8)16(18)19)21-10-3-2-7(15)4-11(10)22-12/h2-6H,1H3. The van der Waals surface area contributed by atoms with Gasteiger partial charge in [-0.25, -0.2) is 4.79 Å². The zero-order valence-corrected chi connectivity index (χ0v) is 11.9. The lowest BCUT2D eigenvalue weighted by Gasteiger charge is -2.20. The van der Waals surface area contributed by atoms with Crippen LogP contribution in [0.3, 0.4) is 0 Å². The first-order chi connectivity index (χ1) is 10.5. The molecular formula is C14H8ClNO6. The molecule has 1 heterocycles. The Morgan fingerprint density at radius 2 is 1.77 bits per heavy atom. The Hall–Kier alpha value is -2.80. The quantitative estimate of drug-likeness (QED) is 0.403. The fourth-order valence-electron chi connectivity index (χ4n) is 2.02. The van der Waals surface area contributed by atoms with Gasteiger partial charge in [0.1, 0.15) is 5.56 Å². The molecule has 0 aliphatic carbocycles. The van der Waals surface area contributed by atoms with Gasteiger partial charge in [0.2, 0.25) is 0 Å². The van der Waals surface area contributed by atoms with Crippen LogP contribution in [0, 0.1) is 10.1 Å². The predicted octanol–water partition coefficient (Wildman–Crippen LogP) is 3.93. The van der Waals surface area contributed by atoms with Crippen molar-refractivity contribution in [3.63, 3.8) is 0 Å². The highest BCUT2D eigenvalue weighted by Crippen LogP contribution is 2.48. The molecule has 0 fully saturated rings. The van der Waals surface area contributed by atoms with Crippen LogP contribution in [0.1, 0.15) is 10.4 Å². The van der Waals surface area contributed by atoms with E-state index in [2.05, 4.69) is 4.74 Å². The van der Waals surface area contributed by atoms with Crippen LogP contribution in [0.25, 0.3) is 0 Å². The maximum Gasteiger partial charge on any atom is 0.345 e. The normalized spacial score (nSPS) is 11.5. The molecule has 0 bridgehead atoms. The summed E-state index contributed by atoms with van der Waals surface area (Å²) in [5, 5.41) is 11.5. The number of nitro groups is 1. The average Bonchev–Trinajstić information content (AvgIpc) is 2.50. The number of methoxy groups -OCH3 is 1. The summed E-state index contributed by atoms with van der Waals surface area (Å²) in [5.41, 5.74) is -0.646. The summed E-state index contributed by atoms with van der Waals surface area (Å²) in [7, 11) is 1.14. The molecule has 0 spiro atoms. The third-order valence-electron chi connectivity index (χ3n) is 3.01. The van der Waals surface area contributed by atoms with Crippen molar-refractivity contribution < 1.29 is 23.9 Å². The highest BCUT2D eigenvalue weighted by molar-refractivity contribution is 6.30. The van der Waals surface area contributed by atoms with Crippen LogP contribution in [-0.2, 0) is 4.74 Å². The first kappa shape index (κ1) is 14.2. The second-order valence-corrected chi connectivity index (χ2v) is 4.80. The number of nitro benzene ring substituents is 1. The van der Waals surface area contributed by atoms with Crippen molar-refractivity contribution in [3.8, 4) is 23.0 Å². The molecule has 112 valence electrons. The van der Waals surface area contributed by atoms with Crippen LogP contribution in [0.15, 0.2) is 30.3 Å². The summed E-state index contributed by atoms with van der Waals surface area (Å²) < 4.78 is 15.7. The number of carbonyl (C=O) groups excluding carboxylic acids is 1. The van der Waals surface area contributed by atoms with Crippen LogP contribution >= 0.6 is 11.6 Å². The van der Waals surface area contributed by atoms with Gasteiger partial charge in [-0.05, 0) is 12.1 Å². The Labute approximate surface area is 129 Å². The second-order valence-electron chi connectivity index (χ2n) is 4.36. The number of nitrogens with zero attached hydrogens (tertiary/aromatic N) is 1. The molecule has 0 saturated carbocycles. The lowest BCUT2D eigenvalue weighted by atomic mass is 10.1. The smallest absolute Gasteiger partial charge is 0.345 e. The zero-order chi connectivity index (χ0) is 15.9. The van der Waals surface area contributed by atoms with Gasteiger partial charge in [-0.2, -0.15) is 0 Å². The largest absolute Gasteiger partial charge is 0.465 e. The molecule has 22 heavy (non-hydrogen) atoms. The Balaban J connectivity index is 2.12. The summed E-state index contributed by atoms with van der Waals surface area (Å²) >= 11 is 5.88. The second kappa shape index (κ2) is 5.19. The highest BCUT2D eigenvalue weighted by Gasteiger charge is 2.28. The molecule has 2 aromatic rings. The minimum Gasteiger partial charge on any atom is -0.465 e. The number of carbonyl (C=O) groups is 1. The van der Waals surface area contributed by atoms with E-state index in [1.54, 1.807) is 18.2 Å². The maximum absolute atomic E-state index is 11.7. The number of esters is 1. The van der Waals surface area contributed by atoms with Crippen LogP contribution in [0.4, 0.5) is 5.69 Å². The molecule has 0 amide bonds. The van der Waals surface area contributed by atoms with E-state index in [1.807, 2.05) is 0 Å². The van der Waals surface area contributed by atoms with Gasteiger partial charge < -0.3 is 14.2 Å². The lowest BCUT2D eigenvalue weighted by molar-refractivity contribution is -0.385. The number of halogens is 1. The summed E-state index contributed by atoms with van der Waals surface area (Å²) in [4.78, 5) is 22.1. The summed E-state index contributed by atoms with van der Waals surface area (Å²) in [5.74, 6) is 0.187. The Kier molecular flexibility index (Phi) is 3.34. The van der Waals surface area contributed by atoms with Gasteiger partial charge in [0.05, 0.1) is 18.1 Å². The number of ether oxygens (including phenoxy) is 3. The third-order valence-corrected chi connectivity index (χ3v) is 3.24. The van der Waals surface area contributed by atoms with Crippen LogP contribution < -0.4 is 9.47 Å². The van der Waals surface area contributed by atoms with Crippen molar-refractivity contribution in [2.75, 3.05) is 7.11 Å². The van der Waals surface area contributed by atoms with Gasteiger partial charge in [-0.1, -0.05) is 11.6 Å². The van der Waals surface area contributed by atoms with Crippen LogP contribution in [0.2, 0.25) is 5.02 Å². The van der Waals surface area contributed by atoms with E-state index in [4.69, 9.17) is 21.1 Å². The fraction of sp³-hybridized carbons (Fsp3) is 0.0714. The fourth-order valence-corrected chi connectivity index (χ4v) is 2.18. The SMILES string of the molecule is COC(=O)c1cc2c(cc1[N+](=O)[O-])Oc1ccc(Cl)cc1O2. The van der Waals surface area contributed by atoms with Crippen molar-refractivity contribution >= 4 is 23.3 Å². The van der Waals surface area contributed by atoms with Crippen molar-refractivity contribution in [1.29, 1.82) is 0 Å². The van der Waals surface area contributed by atoms with Crippen molar-refractivity contribution in [3.05, 3.63) is 51.0 Å². The Morgan fingerprint density at radius 1 is 1.14 bits per heavy atom. The number of fused-ring (bicyclic) bond motifs is 2. The monoisotopic (exact) mass is 321 g/mol. The van der Waals surface area contributed by atoms with Crippen LogP contribution in [0.5, 0.6) is 23.0 Å². The van der Waals surface area contributed by atoms with E-state index in [0.717, 1.165) is 13.2 Å². The molecule has 1 aliphatic rings. The average molecular weight is 322 g/mol. The maximum atomic E-state index is 11.7. The van der Waals surface area contributed by atoms with E-state index >= 15 is 0 Å². The molecule has 0 radical (unpaired) electrons. The molecule has 3 rings (SSSR count). The van der Waals surface area contributed by atoms with Crippen molar-refractivity contribution in [2.24, 2.45) is 0 Å². The van der Waals surface area contributed by atoms with Gasteiger partial charge in [0.15, 0.2) is 23.0 Å². The molecule has 0 atom stereocenters. The van der Waals surface area contributed by atoms with E-state index in [0.29, 0.717) is 16.5 Å². The number of benzene rings is 2. The highest BCUT2D eigenvalue weighted by atomic mass is 35.5. The predicted molar refractivity (Wildman–Crippen MR) is 76.0 cm³/mol. The van der Waals surface area contributed by atoms with E-state index in [-0.39, 0.29) is 17.1 Å². The summed E-state index contributed by atoms with van der Waals surface area (Å²) in [6.07, 6.45) is 0. The molecule has 0 unspecified atom stereocenters. The summed E-state index contributed by atoms with van der Waals surface area (Å²) in [6, 6.07) is 7.06. The molecule has 8 heteroatoms. The number of hydrogen-bond acceptors (Lipinski definition) is 6. The number of hydrogen-bond donors (Lipinski definition) is 0. The van der Waals surface area contributed by atoms with Crippen LogP contribution in [-0.4, -0.2) is 18.0 Å². The molecule has 0 N–H and O–H groups in total. The molecule has 0 aromatic heterocycles. The van der Waals surface area contributed by atoms with E-state index < -0.39 is 16.6 Å². The molecule has 1 aliphatic heterocycles. The third kappa shape index (κ3) is 2.31. The van der Waals surface area contributed by atoms with Gasteiger partial charge in [0, 0.05) is 17.2 Å². The minimum atomic E-state index is -0.838. The lowest BCUT2D eigenvalue weighted by Crippen LogP contribution is -2.08. The molecular weight excluding hydrogens is 314 g/mol. The topological polar surface area (TPSA) is 87.9 Å². The summed E-state index contributed by atoms with van der Waals surface area (Å²) in [6.45, 7) is 0. The minimum absolute atomic E-state index is 0.133. The van der Waals surface area contributed by atoms with Crippen molar-refractivity contribution in [2.45, 2.75) is 0 Å². The Morgan fingerprint density at radius 3 is 2.45 bits per heavy atom. The number of rotatable bonds is 2. The molecule has 7 nitrogen and oxygen atoms in total. The van der Waals surface area contributed by atoms with Gasteiger partial charge in [-0.3, -0.25) is 10.1 Å². The van der Waals surface area contributed by atoms with Gasteiger partial charge >= 0.3 is 5.97 Å².